The SMILES string of the molecule is CCCCC/C=C/C=C/C(=O)SCCNC(=O)CCNC(=O)C(O)C(C)(C)COOOP(=O)(O)OOOP(=O)(O)OCC1OC(n2cnc3c(N)ncnc32)C(O)C1OP(=O)(O)O. The highest BCUT2D eigenvalue weighted by Gasteiger charge is 2.50. The van der Waals surface area contributed by atoms with Gasteiger partial charge in [0.1, 0.15) is 36.3 Å². The number of unbranched alkanes of at least 4 members (excludes halogenated alkanes) is 3. The summed E-state index contributed by atoms with van der Waals surface area (Å²) in [7, 11) is -16.2. The van der Waals surface area contributed by atoms with Crippen molar-refractivity contribution in [3.63, 3.8) is 0 Å². The van der Waals surface area contributed by atoms with Crippen LogP contribution in [0.5, 0.6) is 0 Å². The Morgan fingerprint density at radius 3 is 2.44 bits per heavy atom. The van der Waals surface area contributed by atoms with Crippen molar-refractivity contribution in [3.8, 4) is 0 Å². The van der Waals surface area contributed by atoms with Crippen molar-refractivity contribution in [1.29, 1.82) is 0 Å². The van der Waals surface area contributed by atoms with E-state index in [0.29, 0.717) is 5.75 Å². The van der Waals surface area contributed by atoms with Crippen LogP contribution in [0.1, 0.15) is 59.1 Å². The monoisotopic (exact) mass is 981 g/mol. The van der Waals surface area contributed by atoms with Gasteiger partial charge in [0.2, 0.25) is 16.9 Å². The molecule has 28 nitrogen and oxygen atoms in total. The number of nitrogens with zero attached hydrogens (tertiary/aromatic N) is 4. The average Bonchev–Trinajstić information content (AvgIpc) is 3.76. The number of phosphoric acid groups is 3. The van der Waals surface area contributed by atoms with Crippen LogP contribution in [-0.4, -0.2) is 123 Å². The predicted molar refractivity (Wildman–Crippen MR) is 214 cm³/mol. The van der Waals surface area contributed by atoms with E-state index in [9.17, 15) is 57.9 Å². The van der Waals surface area contributed by atoms with Crippen molar-refractivity contribution in [3.05, 3.63) is 37.0 Å². The Balaban J connectivity index is 1.34. The zero-order chi connectivity index (χ0) is 46.8. The molecule has 3 rings (SSSR count). The molecule has 0 saturated carbocycles. The summed E-state index contributed by atoms with van der Waals surface area (Å²) in [6, 6.07) is 0. The van der Waals surface area contributed by atoms with Gasteiger partial charge in [-0.2, -0.15) is 0 Å². The van der Waals surface area contributed by atoms with Crippen LogP contribution in [0.4, 0.5) is 5.82 Å². The maximum Gasteiger partial charge on any atom is 0.531 e. The molecule has 1 saturated heterocycles. The molecule has 1 aliphatic rings. The van der Waals surface area contributed by atoms with Crippen LogP contribution in [0.3, 0.4) is 0 Å². The number of aliphatic hydroxyl groups is 2. The first-order chi connectivity index (χ1) is 29.6. The molecule has 3 heterocycles. The molecule has 2 amide bonds. The lowest BCUT2D eigenvalue weighted by Crippen LogP contribution is -2.46. The fourth-order valence-electron chi connectivity index (χ4n) is 5.09. The molecule has 0 radical (unpaired) electrons. The summed E-state index contributed by atoms with van der Waals surface area (Å²) >= 11 is 1.03. The first-order valence-corrected chi connectivity index (χ1v) is 24.1. The number of carbonyl (C=O) groups excluding carboxylic acids is 3. The summed E-state index contributed by atoms with van der Waals surface area (Å²) in [6.07, 6.45) is 4.47. The number of imidazole rings is 1. The molecule has 1 fully saturated rings. The number of hydrogen-bond acceptors (Lipinski definition) is 22. The number of allylic oxidation sites excluding steroid dienone is 3. The lowest BCUT2D eigenvalue weighted by Gasteiger charge is -2.28. The molecule has 63 heavy (non-hydrogen) atoms. The molecule has 0 bridgehead atoms. The molecule has 10 N–H and O–H groups in total. The molecule has 0 aliphatic carbocycles. The number of ether oxygens (including phenoxy) is 1. The number of aromatic nitrogens is 4. The van der Waals surface area contributed by atoms with Gasteiger partial charge in [-0.1, -0.05) is 82.7 Å². The van der Waals surface area contributed by atoms with Gasteiger partial charge < -0.3 is 46.0 Å². The summed E-state index contributed by atoms with van der Waals surface area (Å²) < 4.78 is 63.8. The lowest BCUT2D eigenvalue weighted by molar-refractivity contribution is -0.495. The molecule has 2 aromatic heterocycles. The van der Waals surface area contributed by atoms with Gasteiger partial charge in [-0.25, -0.2) is 33.5 Å². The van der Waals surface area contributed by atoms with E-state index in [1.807, 2.05) is 12.2 Å². The predicted octanol–water partition coefficient (Wildman–Crippen LogP) is 1.08. The summed E-state index contributed by atoms with van der Waals surface area (Å²) in [4.78, 5) is 91.2. The first kappa shape index (κ1) is 54.2. The van der Waals surface area contributed by atoms with Crippen molar-refractivity contribution in [2.24, 2.45) is 5.41 Å². The van der Waals surface area contributed by atoms with E-state index in [1.165, 1.54) is 19.9 Å². The number of nitrogens with two attached hydrogens (primary N) is 1. The Hall–Kier alpha value is -3.12. The van der Waals surface area contributed by atoms with Gasteiger partial charge in [-0.05, 0) is 24.0 Å². The second-order valence-corrected chi connectivity index (χ2v) is 18.7. The third kappa shape index (κ3) is 19.1. The minimum Gasteiger partial charge on any atom is -0.386 e. The van der Waals surface area contributed by atoms with Crippen molar-refractivity contribution >= 4 is 69.1 Å². The highest BCUT2D eigenvalue weighted by atomic mass is 32.2. The average molecular weight is 982 g/mol. The van der Waals surface area contributed by atoms with Crippen LogP contribution in [0.25, 0.3) is 11.2 Å². The smallest absolute Gasteiger partial charge is 0.386 e. The number of phosphoric ester groups is 2. The minimum absolute atomic E-state index is 0.0253. The van der Waals surface area contributed by atoms with E-state index in [1.54, 1.807) is 6.08 Å². The largest absolute Gasteiger partial charge is 0.531 e. The van der Waals surface area contributed by atoms with Gasteiger partial charge in [-0.3, -0.25) is 32.9 Å². The number of fused-ring (bicyclic) bond motifs is 1. The van der Waals surface area contributed by atoms with Gasteiger partial charge in [0.05, 0.1) is 19.5 Å². The van der Waals surface area contributed by atoms with Gasteiger partial charge in [0.25, 0.3) is 0 Å². The minimum atomic E-state index is -5.47. The van der Waals surface area contributed by atoms with Crippen LogP contribution < -0.4 is 16.4 Å². The Morgan fingerprint density at radius 1 is 1.02 bits per heavy atom. The van der Waals surface area contributed by atoms with Crippen LogP contribution in [0.15, 0.2) is 37.0 Å². The fourth-order valence-corrected chi connectivity index (χ4v) is 7.03. The summed E-state index contributed by atoms with van der Waals surface area (Å²) in [5.41, 5.74) is 4.42. The first-order valence-electron chi connectivity index (χ1n) is 18.6. The number of thioether (sulfide) groups is 1. The van der Waals surface area contributed by atoms with Crippen molar-refractivity contribution < 1.29 is 101 Å². The van der Waals surface area contributed by atoms with E-state index in [4.69, 9.17) is 10.5 Å². The van der Waals surface area contributed by atoms with E-state index < -0.39 is 84.6 Å². The maximum atomic E-state index is 12.5. The summed E-state index contributed by atoms with van der Waals surface area (Å²) in [6.45, 7) is 3.07. The number of rotatable bonds is 29. The zero-order valence-corrected chi connectivity index (χ0v) is 37.3. The van der Waals surface area contributed by atoms with E-state index in [-0.39, 0.29) is 41.6 Å². The molecule has 1 aliphatic heterocycles. The van der Waals surface area contributed by atoms with E-state index in [2.05, 4.69) is 70.5 Å². The Labute approximate surface area is 362 Å². The Bertz CT molecular complexity index is 2020. The number of nitrogens with one attached hydrogen (secondary N) is 2. The highest BCUT2D eigenvalue weighted by Crippen LogP contribution is 2.50. The van der Waals surface area contributed by atoms with Gasteiger partial charge >= 0.3 is 23.5 Å². The van der Waals surface area contributed by atoms with Crippen molar-refractivity contribution in [2.75, 3.05) is 37.8 Å². The summed E-state index contributed by atoms with van der Waals surface area (Å²) in [5.74, 6) is -1.05. The van der Waals surface area contributed by atoms with Gasteiger partial charge in [0, 0.05) is 30.7 Å². The molecular formula is C31H50N7O21P3S. The second-order valence-electron chi connectivity index (χ2n) is 13.8. The Morgan fingerprint density at radius 2 is 1.73 bits per heavy atom. The third-order valence-electron chi connectivity index (χ3n) is 8.25. The quantitative estimate of drug-likeness (QED) is 0.0137. The third-order valence-corrected chi connectivity index (χ3v) is 10.8. The molecule has 0 aromatic carbocycles. The highest BCUT2D eigenvalue weighted by molar-refractivity contribution is 8.14. The van der Waals surface area contributed by atoms with Gasteiger partial charge in [-0.15, -0.1) is 0 Å². The van der Waals surface area contributed by atoms with Crippen LogP contribution in [0, 0.1) is 5.41 Å². The normalized spacial score (nSPS) is 20.8. The molecular weight excluding hydrogens is 931 g/mol. The molecule has 7 unspecified atom stereocenters. The number of nitrogen functional groups attached to an aromatic ring is 1. The number of amides is 2. The summed E-state index contributed by atoms with van der Waals surface area (Å²) in [5, 5.41) is 34.0. The lowest BCUT2D eigenvalue weighted by atomic mass is 9.87. The number of hydrogen-bond donors (Lipinski definition) is 9. The maximum absolute atomic E-state index is 12.5. The van der Waals surface area contributed by atoms with Crippen molar-refractivity contribution in [2.45, 2.75) is 83.5 Å². The number of aliphatic hydroxyl groups excluding tert-OH is 2. The van der Waals surface area contributed by atoms with Crippen LogP contribution in [0.2, 0.25) is 0 Å². The molecule has 7 atom stereocenters. The molecule has 356 valence electrons. The molecule has 0 spiro atoms. The number of anilines is 1. The van der Waals surface area contributed by atoms with Crippen LogP contribution >= 0.6 is 35.2 Å². The Kier molecular flexibility index (Phi) is 22.0. The topological polar surface area (TPSA) is 401 Å². The van der Waals surface area contributed by atoms with E-state index >= 15 is 0 Å². The van der Waals surface area contributed by atoms with Crippen LogP contribution in [-0.2, 0) is 70.9 Å². The number of carbonyl (C=O) groups is 3. The van der Waals surface area contributed by atoms with Crippen molar-refractivity contribution in [1.82, 2.24) is 30.2 Å². The molecule has 32 heteroatoms. The molecule has 2 aromatic rings. The second kappa shape index (κ2) is 25.5. The van der Waals surface area contributed by atoms with Gasteiger partial charge in [0.15, 0.2) is 17.7 Å². The zero-order valence-electron chi connectivity index (χ0n) is 33.8. The standard InChI is InChI=1S/C31H50N7O21P3S/c1-4-5-6-7-8-9-10-11-22(40)63-15-14-33-21(39)12-13-34-29(43)26(42)31(2,3)17-51-55-57-62(49,50)59-56-58-61(47,48)52-16-20-25(54-60(44,45)46)24(41)30(53-20)38-19-37-23-27(32)35-18-36-28(23)38/h8-11,18-20,24-26,30,41-42H,4-7,12-17H2,1-3H3,(H,33,39)(H,34,43)(H,47,48)(H,49,50)(H2,32,35,36)(H2,44,45,46)/b9-8+,11-10+. The fraction of sp³-hybridized carbons (Fsp3) is 0.613. The van der Waals surface area contributed by atoms with E-state index in [0.717, 1.165) is 54.7 Å².